The number of aromatic amines is 1. The molecule has 0 fully saturated rings. The van der Waals surface area contributed by atoms with Crippen LogP contribution in [0.3, 0.4) is 0 Å². The van der Waals surface area contributed by atoms with Crippen molar-refractivity contribution in [3.05, 3.63) is 12.0 Å². The number of nitrogens with zero attached hydrogens (tertiary/aromatic N) is 1. The van der Waals surface area contributed by atoms with Gasteiger partial charge >= 0.3 is 0 Å². The van der Waals surface area contributed by atoms with Crippen molar-refractivity contribution in [3.63, 3.8) is 0 Å². The molecule has 17 heavy (non-hydrogen) atoms. The van der Waals surface area contributed by atoms with Gasteiger partial charge in [0.25, 0.3) is 10.0 Å². The second-order valence-corrected chi connectivity index (χ2v) is 5.47. The first-order valence-corrected chi connectivity index (χ1v) is 7.23. The number of imidazole rings is 1. The number of rotatable bonds is 8. The van der Waals surface area contributed by atoms with Crippen molar-refractivity contribution in [2.24, 2.45) is 0 Å². The monoisotopic (exact) mass is 261 g/mol. The van der Waals surface area contributed by atoms with Crippen LogP contribution in [-0.2, 0) is 16.4 Å². The summed E-state index contributed by atoms with van der Waals surface area (Å²) in [6, 6.07) is 0. The maximum absolute atomic E-state index is 11.8. The first-order chi connectivity index (χ1) is 8.10. The third-order valence-electron chi connectivity index (χ3n) is 2.36. The Morgan fingerprint density at radius 3 is 2.76 bits per heavy atom. The van der Waals surface area contributed by atoms with Gasteiger partial charge in [-0.1, -0.05) is 6.92 Å². The predicted octanol–water partition coefficient (Wildman–Crippen LogP) is 0.413. The Labute approximate surface area is 102 Å². The molecule has 0 aliphatic carbocycles. The molecule has 1 rings (SSSR count). The lowest BCUT2D eigenvalue weighted by Gasteiger charge is -2.03. The molecule has 0 saturated heterocycles. The van der Waals surface area contributed by atoms with E-state index >= 15 is 0 Å². The van der Waals surface area contributed by atoms with Crippen LogP contribution in [0.1, 0.15) is 32.0 Å². The van der Waals surface area contributed by atoms with E-state index in [9.17, 15) is 8.42 Å². The number of hydrogen-bond donors (Lipinski definition) is 3. The lowest BCUT2D eigenvalue weighted by molar-refractivity contribution is 0.283. The Morgan fingerprint density at radius 1 is 1.41 bits per heavy atom. The van der Waals surface area contributed by atoms with Crippen molar-refractivity contribution in [1.29, 1.82) is 0 Å². The number of aromatic nitrogens is 2. The highest BCUT2D eigenvalue weighted by Crippen LogP contribution is 2.06. The minimum absolute atomic E-state index is 0.108. The number of nitrogens with one attached hydrogen (secondary N) is 2. The second kappa shape index (κ2) is 6.73. The molecule has 0 aliphatic rings. The summed E-state index contributed by atoms with van der Waals surface area (Å²) in [5.41, 5.74) is 0. The van der Waals surface area contributed by atoms with Gasteiger partial charge in [0.05, 0.1) is 6.20 Å². The largest absolute Gasteiger partial charge is 0.396 e. The third-order valence-corrected chi connectivity index (χ3v) is 3.73. The van der Waals surface area contributed by atoms with Crippen LogP contribution in [0.5, 0.6) is 0 Å². The molecule has 0 aliphatic heterocycles. The summed E-state index contributed by atoms with van der Waals surface area (Å²) in [5.74, 6) is 0.658. The predicted molar refractivity (Wildman–Crippen MR) is 64.1 cm³/mol. The molecule has 0 unspecified atom stereocenters. The molecule has 0 bridgehead atoms. The zero-order valence-electron chi connectivity index (χ0n) is 9.94. The number of H-pyrrole nitrogens is 1. The third kappa shape index (κ3) is 4.45. The van der Waals surface area contributed by atoms with E-state index in [1.54, 1.807) is 0 Å². The normalized spacial score (nSPS) is 11.9. The lowest BCUT2D eigenvalue weighted by atomic mass is 10.2. The van der Waals surface area contributed by atoms with Gasteiger partial charge in [-0.15, -0.1) is 0 Å². The molecule has 0 aromatic carbocycles. The van der Waals surface area contributed by atoms with Crippen LogP contribution >= 0.6 is 0 Å². The van der Waals surface area contributed by atoms with E-state index in [-0.39, 0.29) is 11.6 Å². The number of unbranched alkanes of at least 4 members (excludes halogenated alkanes) is 2. The zero-order chi connectivity index (χ0) is 12.7. The van der Waals surface area contributed by atoms with Crippen LogP contribution in [0.25, 0.3) is 0 Å². The standard InChI is InChI=1S/C10H19N3O3S/c1-2-9-11-8-10(13-9)17(15,16)12-6-4-3-5-7-14/h8,12,14H,2-7H2,1H3,(H,11,13). The van der Waals surface area contributed by atoms with E-state index in [4.69, 9.17) is 5.11 Å². The average Bonchev–Trinajstić information content (AvgIpc) is 2.78. The number of sulfonamides is 1. The molecule has 0 amide bonds. The highest BCUT2D eigenvalue weighted by atomic mass is 32.2. The zero-order valence-corrected chi connectivity index (χ0v) is 10.8. The molecule has 0 spiro atoms. The molecule has 7 heteroatoms. The smallest absolute Gasteiger partial charge is 0.257 e. The highest BCUT2D eigenvalue weighted by molar-refractivity contribution is 7.89. The minimum atomic E-state index is -3.47. The second-order valence-electron chi connectivity index (χ2n) is 3.73. The van der Waals surface area contributed by atoms with Crippen molar-refractivity contribution < 1.29 is 13.5 Å². The average molecular weight is 261 g/mol. The summed E-state index contributed by atoms with van der Waals surface area (Å²) < 4.78 is 26.0. The van der Waals surface area contributed by atoms with Gasteiger partial charge in [0, 0.05) is 19.6 Å². The van der Waals surface area contributed by atoms with Gasteiger partial charge in [-0.3, -0.25) is 0 Å². The SMILES string of the molecule is CCc1ncc(S(=O)(=O)NCCCCCO)[nH]1. The van der Waals surface area contributed by atoms with E-state index < -0.39 is 10.0 Å². The maximum atomic E-state index is 11.8. The van der Waals surface area contributed by atoms with Crippen molar-refractivity contribution in [2.45, 2.75) is 37.6 Å². The van der Waals surface area contributed by atoms with E-state index in [0.717, 1.165) is 6.42 Å². The van der Waals surface area contributed by atoms with Gasteiger partial charge in [-0.05, 0) is 19.3 Å². The van der Waals surface area contributed by atoms with Gasteiger partial charge in [-0.25, -0.2) is 18.1 Å². The Hall–Kier alpha value is -0.920. The van der Waals surface area contributed by atoms with Crippen LogP contribution in [0.15, 0.2) is 11.2 Å². The van der Waals surface area contributed by atoms with Gasteiger partial charge in [0.1, 0.15) is 5.82 Å². The van der Waals surface area contributed by atoms with Gasteiger partial charge in [0.2, 0.25) is 0 Å². The summed E-state index contributed by atoms with van der Waals surface area (Å²) >= 11 is 0. The molecule has 1 aromatic rings. The molecular formula is C10H19N3O3S. The fourth-order valence-corrected chi connectivity index (χ4v) is 2.37. The lowest BCUT2D eigenvalue weighted by Crippen LogP contribution is -2.25. The first kappa shape index (κ1) is 14.1. The Bertz CT molecular complexity index is 428. The summed E-state index contributed by atoms with van der Waals surface area (Å²) in [6.45, 7) is 2.42. The number of aliphatic hydroxyl groups excluding tert-OH is 1. The number of aryl methyl sites for hydroxylation is 1. The van der Waals surface area contributed by atoms with Crippen LogP contribution in [-0.4, -0.2) is 36.6 Å². The van der Waals surface area contributed by atoms with E-state index in [1.807, 2.05) is 6.92 Å². The van der Waals surface area contributed by atoms with E-state index in [2.05, 4.69) is 14.7 Å². The summed E-state index contributed by atoms with van der Waals surface area (Å²) in [5, 5.41) is 8.69. The molecule has 1 heterocycles. The molecule has 0 atom stereocenters. The number of hydrogen-bond acceptors (Lipinski definition) is 4. The summed E-state index contributed by atoms with van der Waals surface area (Å²) in [6.07, 6.45) is 4.23. The van der Waals surface area contributed by atoms with Crippen LogP contribution in [0.4, 0.5) is 0 Å². The highest BCUT2D eigenvalue weighted by Gasteiger charge is 2.15. The molecule has 3 N–H and O–H groups in total. The van der Waals surface area contributed by atoms with E-state index in [1.165, 1.54) is 6.20 Å². The van der Waals surface area contributed by atoms with Crippen molar-refractivity contribution in [1.82, 2.24) is 14.7 Å². The molecule has 0 saturated carbocycles. The quantitative estimate of drug-likeness (QED) is 0.591. The fraction of sp³-hybridized carbons (Fsp3) is 0.700. The number of aliphatic hydroxyl groups is 1. The molecule has 1 aromatic heterocycles. The minimum Gasteiger partial charge on any atom is -0.396 e. The molecular weight excluding hydrogens is 242 g/mol. The van der Waals surface area contributed by atoms with Crippen molar-refractivity contribution in [2.75, 3.05) is 13.2 Å². The van der Waals surface area contributed by atoms with E-state index in [0.29, 0.717) is 31.6 Å². The van der Waals surface area contributed by atoms with Crippen LogP contribution < -0.4 is 4.72 Å². The molecule has 0 radical (unpaired) electrons. The van der Waals surface area contributed by atoms with Gasteiger partial charge in [-0.2, -0.15) is 0 Å². The van der Waals surface area contributed by atoms with Gasteiger partial charge < -0.3 is 10.1 Å². The van der Waals surface area contributed by atoms with Crippen LogP contribution in [0.2, 0.25) is 0 Å². The Balaban J connectivity index is 2.45. The first-order valence-electron chi connectivity index (χ1n) is 5.74. The van der Waals surface area contributed by atoms with Gasteiger partial charge in [0.15, 0.2) is 5.03 Å². The molecule has 6 nitrogen and oxygen atoms in total. The van der Waals surface area contributed by atoms with Crippen molar-refractivity contribution in [3.8, 4) is 0 Å². The maximum Gasteiger partial charge on any atom is 0.257 e. The fourth-order valence-electron chi connectivity index (χ4n) is 1.36. The summed E-state index contributed by atoms with van der Waals surface area (Å²) in [4.78, 5) is 6.70. The Kier molecular flexibility index (Phi) is 5.60. The summed E-state index contributed by atoms with van der Waals surface area (Å²) in [7, 11) is -3.47. The Morgan fingerprint density at radius 2 is 2.18 bits per heavy atom. The van der Waals surface area contributed by atoms with Crippen molar-refractivity contribution >= 4 is 10.0 Å². The topological polar surface area (TPSA) is 95.1 Å². The van der Waals surface area contributed by atoms with Crippen LogP contribution in [0, 0.1) is 0 Å². The molecule has 98 valence electrons.